The minimum Gasteiger partial charge on any atom is -0.394 e. The molecular formula is C13H17ClO6. The van der Waals surface area contributed by atoms with E-state index in [1.54, 1.807) is 30.3 Å². The predicted molar refractivity (Wildman–Crippen MR) is 69.9 cm³/mol. The van der Waals surface area contributed by atoms with E-state index in [2.05, 4.69) is 0 Å². The first-order valence-electron chi connectivity index (χ1n) is 6.19. The molecule has 0 radical (unpaired) electrons. The first-order chi connectivity index (χ1) is 9.51. The van der Waals surface area contributed by atoms with E-state index >= 15 is 0 Å². The van der Waals surface area contributed by atoms with E-state index < -0.39 is 42.9 Å². The van der Waals surface area contributed by atoms with Gasteiger partial charge in [-0.2, -0.15) is 0 Å². The van der Waals surface area contributed by atoms with Crippen molar-refractivity contribution in [3.8, 4) is 0 Å². The van der Waals surface area contributed by atoms with Gasteiger partial charge in [-0.25, -0.2) is 0 Å². The van der Waals surface area contributed by atoms with Crippen molar-refractivity contribution >= 4 is 11.6 Å². The van der Waals surface area contributed by atoms with E-state index in [9.17, 15) is 15.3 Å². The molecule has 1 aliphatic rings. The standard InChI is InChI=1S/C13H17ClO6/c14-13(8-4-2-1-3-5-8)19-10(7-16)11(18)12(20-13)9(17)6-15/h1-5,9-12,15-18H,6-7H2/t9-,10+,11-,12-,13?/m1/s1. The summed E-state index contributed by atoms with van der Waals surface area (Å²) in [6.07, 6.45) is -4.86. The molecule has 1 aromatic carbocycles. The number of alkyl halides is 1. The monoisotopic (exact) mass is 304 g/mol. The zero-order valence-electron chi connectivity index (χ0n) is 10.6. The quantitative estimate of drug-likeness (QED) is 0.561. The summed E-state index contributed by atoms with van der Waals surface area (Å²) in [5.74, 6) is 0. The number of benzene rings is 1. The van der Waals surface area contributed by atoms with Crippen molar-refractivity contribution in [2.75, 3.05) is 13.2 Å². The van der Waals surface area contributed by atoms with Gasteiger partial charge in [-0.15, -0.1) is 0 Å². The van der Waals surface area contributed by atoms with Crippen LogP contribution in [0, 0.1) is 0 Å². The first kappa shape index (κ1) is 15.7. The highest BCUT2D eigenvalue weighted by atomic mass is 35.5. The van der Waals surface area contributed by atoms with Crippen LogP contribution in [0.4, 0.5) is 0 Å². The number of aliphatic hydroxyl groups excluding tert-OH is 4. The lowest BCUT2D eigenvalue weighted by molar-refractivity contribution is -0.334. The third kappa shape index (κ3) is 2.96. The van der Waals surface area contributed by atoms with E-state index in [0.717, 1.165) is 0 Å². The summed E-state index contributed by atoms with van der Waals surface area (Å²) < 4.78 is 10.8. The Morgan fingerprint density at radius 1 is 1.20 bits per heavy atom. The molecule has 20 heavy (non-hydrogen) atoms. The van der Waals surface area contributed by atoms with Crippen molar-refractivity contribution in [1.29, 1.82) is 0 Å². The molecule has 6 nitrogen and oxygen atoms in total. The molecule has 0 saturated carbocycles. The van der Waals surface area contributed by atoms with Gasteiger partial charge in [-0.1, -0.05) is 41.9 Å². The van der Waals surface area contributed by atoms with Gasteiger partial charge in [-0.3, -0.25) is 0 Å². The molecule has 4 N–H and O–H groups in total. The zero-order valence-corrected chi connectivity index (χ0v) is 11.3. The Morgan fingerprint density at radius 3 is 2.40 bits per heavy atom. The normalized spacial score (nSPS) is 35.8. The van der Waals surface area contributed by atoms with Gasteiger partial charge in [0.1, 0.15) is 24.4 Å². The third-order valence-electron chi connectivity index (χ3n) is 3.17. The highest BCUT2D eigenvalue weighted by Gasteiger charge is 2.49. The van der Waals surface area contributed by atoms with Gasteiger partial charge in [0.15, 0.2) is 0 Å². The molecule has 112 valence electrons. The van der Waals surface area contributed by atoms with Crippen LogP contribution >= 0.6 is 11.6 Å². The van der Waals surface area contributed by atoms with Gasteiger partial charge in [0.05, 0.1) is 13.2 Å². The fraction of sp³-hybridized carbons (Fsp3) is 0.538. The molecule has 0 aromatic heterocycles. The average Bonchev–Trinajstić information content (AvgIpc) is 2.49. The Kier molecular flexibility index (Phi) is 4.98. The van der Waals surface area contributed by atoms with Crippen LogP contribution in [0.25, 0.3) is 0 Å². The van der Waals surface area contributed by atoms with Crippen LogP contribution in [0.5, 0.6) is 0 Å². The van der Waals surface area contributed by atoms with Crippen molar-refractivity contribution in [2.45, 2.75) is 29.7 Å². The molecule has 7 heteroatoms. The number of hydrogen-bond donors (Lipinski definition) is 4. The summed E-state index contributed by atoms with van der Waals surface area (Å²) in [5, 5.41) is 36.2. The summed E-state index contributed by atoms with van der Waals surface area (Å²) in [4.78, 5) is 0. The van der Waals surface area contributed by atoms with Crippen molar-refractivity contribution in [2.24, 2.45) is 0 Å². The third-order valence-corrected chi connectivity index (χ3v) is 3.57. The summed E-state index contributed by atoms with van der Waals surface area (Å²) in [6, 6.07) is 8.54. The van der Waals surface area contributed by atoms with Crippen LogP contribution < -0.4 is 0 Å². The smallest absolute Gasteiger partial charge is 0.277 e. The minimum atomic E-state index is -1.74. The second kappa shape index (κ2) is 6.36. The van der Waals surface area contributed by atoms with E-state index in [1.165, 1.54) is 0 Å². The molecular weight excluding hydrogens is 288 g/mol. The van der Waals surface area contributed by atoms with Gasteiger partial charge in [-0.05, 0) is 0 Å². The second-order valence-corrected chi connectivity index (χ2v) is 5.06. The molecule has 1 aromatic rings. The molecule has 0 bridgehead atoms. The predicted octanol–water partition coefficient (Wildman–Crippen LogP) is -0.474. The number of aliphatic hydroxyl groups is 4. The molecule has 0 aliphatic carbocycles. The number of rotatable bonds is 4. The maximum Gasteiger partial charge on any atom is 0.277 e. The van der Waals surface area contributed by atoms with Crippen molar-refractivity contribution in [3.05, 3.63) is 35.9 Å². The molecule has 5 atom stereocenters. The largest absolute Gasteiger partial charge is 0.394 e. The topological polar surface area (TPSA) is 99.4 Å². The van der Waals surface area contributed by atoms with E-state index in [-0.39, 0.29) is 0 Å². The lowest BCUT2D eigenvalue weighted by Crippen LogP contribution is -2.58. The van der Waals surface area contributed by atoms with E-state index in [4.69, 9.17) is 26.2 Å². The Bertz CT molecular complexity index is 430. The van der Waals surface area contributed by atoms with E-state index in [0.29, 0.717) is 5.56 Å². The molecule has 0 spiro atoms. The molecule has 1 unspecified atom stereocenters. The fourth-order valence-electron chi connectivity index (χ4n) is 2.08. The summed E-state index contributed by atoms with van der Waals surface area (Å²) >= 11 is 6.28. The van der Waals surface area contributed by atoms with Crippen molar-refractivity contribution in [3.63, 3.8) is 0 Å². The van der Waals surface area contributed by atoms with Gasteiger partial charge in [0, 0.05) is 5.56 Å². The van der Waals surface area contributed by atoms with Gasteiger partial charge in [0.2, 0.25) is 0 Å². The maximum absolute atomic E-state index is 9.97. The molecule has 1 heterocycles. The van der Waals surface area contributed by atoms with E-state index in [1.807, 2.05) is 0 Å². The van der Waals surface area contributed by atoms with Crippen LogP contribution in [-0.4, -0.2) is 58.1 Å². The summed E-state index contributed by atoms with van der Waals surface area (Å²) in [5.41, 5.74) is 0.460. The van der Waals surface area contributed by atoms with Crippen LogP contribution in [0.15, 0.2) is 30.3 Å². The number of ether oxygens (including phenoxy) is 2. The highest BCUT2D eigenvalue weighted by Crippen LogP contribution is 2.40. The number of halogens is 1. The van der Waals surface area contributed by atoms with Crippen LogP contribution in [-0.2, 0) is 14.7 Å². The Labute approximate surface area is 121 Å². The van der Waals surface area contributed by atoms with Crippen LogP contribution in [0.1, 0.15) is 5.56 Å². The van der Waals surface area contributed by atoms with Crippen molar-refractivity contribution < 1.29 is 29.9 Å². The van der Waals surface area contributed by atoms with Gasteiger partial charge in [0.25, 0.3) is 5.25 Å². The first-order valence-corrected chi connectivity index (χ1v) is 6.57. The Hall–Kier alpha value is -0.730. The zero-order chi connectivity index (χ0) is 14.8. The molecule has 0 amide bonds. The Morgan fingerprint density at radius 2 is 1.85 bits per heavy atom. The van der Waals surface area contributed by atoms with Gasteiger partial charge < -0.3 is 29.9 Å². The summed E-state index contributed by atoms with van der Waals surface area (Å²) in [7, 11) is 0. The fourth-order valence-corrected chi connectivity index (χ4v) is 2.42. The molecule has 1 fully saturated rings. The van der Waals surface area contributed by atoms with Crippen molar-refractivity contribution in [1.82, 2.24) is 0 Å². The summed E-state index contributed by atoms with van der Waals surface area (Å²) in [6.45, 7) is -1.11. The molecule has 2 rings (SSSR count). The second-order valence-electron chi connectivity index (χ2n) is 4.56. The van der Waals surface area contributed by atoms with Crippen LogP contribution in [0.2, 0.25) is 0 Å². The van der Waals surface area contributed by atoms with Crippen LogP contribution in [0.3, 0.4) is 0 Å². The molecule has 1 aliphatic heterocycles. The average molecular weight is 305 g/mol. The minimum absolute atomic E-state index is 0.460. The lowest BCUT2D eigenvalue weighted by Gasteiger charge is -2.44. The van der Waals surface area contributed by atoms with Gasteiger partial charge >= 0.3 is 0 Å². The lowest BCUT2D eigenvalue weighted by atomic mass is 10.0. The Balaban J connectivity index is 2.31. The SMILES string of the molecule is OC[C@@H](O)[C@H]1OC(Cl)(c2ccccc2)O[C@@H](CO)[C@H]1O. The number of hydrogen-bond acceptors (Lipinski definition) is 6. The maximum atomic E-state index is 9.97. The molecule has 1 saturated heterocycles. The highest BCUT2D eigenvalue weighted by molar-refractivity contribution is 6.22.